The van der Waals surface area contributed by atoms with Crippen LogP contribution in [0.5, 0.6) is 5.75 Å². The van der Waals surface area contributed by atoms with E-state index in [1.807, 2.05) is 13.0 Å². The molecule has 0 amide bonds. The van der Waals surface area contributed by atoms with E-state index in [0.29, 0.717) is 37.9 Å². The molecule has 0 bridgehead atoms. The first-order chi connectivity index (χ1) is 14.6. The van der Waals surface area contributed by atoms with Crippen molar-refractivity contribution >= 4 is 23.0 Å². The quantitative estimate of drug-likeness (QED) is 0.657. The minimum absolute atomic E-state index is 0.151. The van der Waals surface area contributed by atoms with Gasteiger partial charge in [0.15, 0.2) is 11.6 Å². The van der Waals surface area contributed by atoms with Crippen molar-refractivity contribution in [2.24, 2.45) is 0 Å². The van der Waals surface area contributed by atoms with Crippen molar-refractivity contribution in [3.05, 3.63) is 53.0 Å². The lowest BCUT2D eigenvalue weighted by molar-refractivity contribution is 0.0601. The fraction of sp³-hybridized carbons (Fsp3) is 0.391. The molecular weight excluding hydrogens is 387 g/mol. The molecule has 1 aromatic heterocycles. The summed E-state index contributed by atoms with van der Waals surface area (Å²) in [7, 11) is 1.32. The number of halogens is 1. The molecule has 1 fully saturated rings. The Bertz CT molecular complexity index is 985. The van der Waals surface area contributed by atoms with E-state index in [0.717, 1.165) is 29.5 Å². The Kier molecular flexibility index (Phi) is 5.99. The number of anilines is 2. The van der Waals surface area contributed by atoms with Crippen molar-refractivity contribution in [1.29, 1.82) is 0 Å². The van der Waals surface area contributed by atoms with Crippen LogP contribution in [0.3, 0.4) is 0 Å². The highest BCUT2D eigenvalue weighted by Crippen LogP contribution is 2.42. The molecule has 1 saturated carbocycles. The number of hydrogen-bond acceptors (Lipinski definition) is 6. The van der Waals surface area contributed by atoms with E-state index in [1.54, 1.807) is 18.3 Å². The van der Waals surface area contributed by atoms with Crippen molar-refractivity contribution < 1.29 is 23.4 Å². The summed E-state index contributed by atoms with van der Waals surface area (Å²) < 4.78 is 31.1. The summed E-state index contributed by atoms with van der Waals surface area (Å²) in [6, 6.07) is 4.89. The summed E-state index contributed by atoms with van der Waals surface area (Å²) in [5, 5.41) is 3.01. The predicted octanol–water partition coefficient (Wildman–Crippen LogP) is 4.83. The van der Waals surface area contributed by atoms with Crippen molar-refractivity contribution in [3.63, 3.8) is 0 Å². The molecule has 7 heteroatoms. The first-order valence-electron chi connectivity index (χ1n) is 10.2. The number of nitrogens with one attached hydrogen (secondary N) is 1. The third-order valence-electron chi connectivity index (χ3n) is 5.31. The molecule has 0 saturated heterocycles. The summed E-state index contributed by atoms with van der Waals surface area (Å²) in [4.78, 5) is 16.8. The summed E-state index contributed by atoms with van der Waals surface area (Å²) >= 11 is 0. The number of ether oxygens (including phenoxy) is 3. The second kappa shape index (κ2) is 8.83. The minimum Gasteiger partial charge on any atom is -0.491 e. The minimum atomic E-state index is -0.519. The van der Waals surface area contributed by atoms with Crippen LogP contribution in [-0.2, 0) is 9.47 Å². The van der Waals surface area contributed by atoms with Gasteiger partial charge in [-0.25, -0.2) is 14.2 Å². The number of carbonyl (C=O) groups excluding carboxylic acids is 1. The van der Waals surface area contributed by atoms with Crippen molar-refractivity contribution in [3.8, 4) is 5.75 Å². The third kappa shape index (κ3) is 4.16. The Morgan fingerprint density at radius 2 is 2.20 bits per heavy atom. The lowest BCUT2D eigenvalue weighted by Gasteiger charge is -2.21. The number of nitrogens with zero attached hydrogens (tertiary/aromatic N) is 1. The normalized spacial score (nSPS) is 16.0. The zero-order valence-electron chi connectivity index (χ0n) is 17.2. The molecule has 2 aromatic rings. The number of hydrogen-bond donors (Lipinski definition) is 1. The van der Waals surface area contributed by atoms with Crippen molar-refractivity contribution in [2.45, 2.75) is 32.1 Å². The molecule has 0 radical (unpaired) electrons. The maximum atomic E-state index is 14.9. The molecule has 6 nitrogen and oxygen atoms in total. The Hall–Kier alpha value is -2.93. The van der Waals surface area contributed by atoms with Gasteiger partial charge in [0.2, 0.25) is 0 Å². The lowest BCUT2D eigenvalue weighted by atomic mass is 9.99. The van der Waals surface area contributed by atoms with E-state index in [9.17, 15) is 9.18 Å². The van der Waals surface area contributed by atoms with Crippen LogP contribution >= 0.6 is 0 Å². The topological polar surface area (TPSA) is 69.7 Å². The van der Waals surface area contributed by atoms with Crippen LogP contribution in [0.4, 0.5) is 15.9 Å². The second-order valence-electron chi connectivity index (χ2n) is 7.34. The zero-order valence-corrected chi connectivity index (χ0v) is 17.2. The Labute approximate surface area is 175 Å². The first kappa shape index (κ1) is 20.3. The van der Waals surface area contributed by atoms with Crippen LogP contribution in [0.1, 0.15) is 53.6 Å². The van der Waals surface area contributed by atoms with E-state index >= 15 is 0 Å². The van der Waals surface area contributed by atoms with E-state index < -0.39 is 11.8 Å². The number of benzene rings is 1. The SMILES string of the molecule is CCOc1c(C2=CCOCC2)ccc(F)c1Nc1ncc(C2CC2)cc1C(=O)OC. The largest absolute Gasteiger partial charge is 0.491 e. The predicted molar refractivity (Wildman–Crippen MR) is 112 cm³/mol. The molecule has 0 atom stereocenters. The molecule has 0 spiro atoms. The van der Waals surface area contributed by atoms with Gasteiger partial charge in [-0.1, -0.05) is 6.08 Å². The van der Waals surface area contributed by atoms with Gasteiger partial charge >= 0.3 is 5.97 Å². The van der Waals surface area contributed by atoms with E-state index in [-0.39, 0.29) is 17.1 Å². The Morgan fingerprint density at radius 1 is 1.37 bits per heavy atom. The fourth-order valence-corrected chi connectivity index (χ4v) is 3.60. The lowest BCUT2D eigenvalue weighted by Crippen LogP contribution is -2.11. The van der Waals surface area contributed by atoms with E-state index in [1.165, 1.54) is 13.2 Å². The van der Waals surface area contributed by atoms with Gasteiger partial charge in [-0.05, 0) is 61.4 Å². The van der Waals surface area contributed by atoms with Crippen molar-refractivity contribution in [1.82, 2.24) is 4.98 Å². The van der Waals surface area contributed by atoms with Gasteiger partial charge in [0.1, 0.15) is 17.1 Å². The molecule has 1 aromatic carbocycles. The number of pyridine rings is 1. The number of aromatic nitrogens is 1. The first-order valence-corrected chi connectivity index (χ1v) is 10.2. The van der Waals surface area contributed by atoms with Gasteiger partial charge in [-0.3, -0.25) is 0 Å². The molecule has 30 heavy (non-hydrogen) atoms. The third-order valence-corrected chi connectivity index (χ3v) is 5.31. The summed E-state index contributed by atoms with van der Waals surface area (Å²) in [6.45, 7) is 3.33. The standard InChI is InChI=1S/C23H25FN2O4/c1-3-30-21-17(15-8-10-29-11-9-15)6-7-19(24)20(21)26-22-18(23(27)28-2)12-16(13-25-22)14-4-5-14/h6-8,12-14H,3-5,9-11H2,1-2H3,(H,25,26). The molecule has 1 aliphatic carbocycles. The molecule has 158 valence electrons. The van der Waals surface area contributed by atoms with Crippen LogP contribution in [0, 0.1) is 5.82 Å². The van der Waals surface area contributed by atoms with Crippen LogP contribution < -0.4 is 10.1 Å². The highest BCUT2D eigenvalue weighted by molar-refractivity contribution is 5.96. The van der Waals surface area contributed by atoms with Crippen LogP contribution in [0.2, 0.25) is 0 Å². The molecular formula is C23H25FN2O4. The van der Waals surface area contributed by atoms with E-state index in [2.05, 4.69) is 10.3 Å². The number of rotatable bonds is 7. The average molecular weight is 412 g/mol. The van der Waals surface area contributed by atoms with Gasteiger partial charge < -0.3 is 19.5 Å². The molecule has 2 heterocycles. The average Bonchev–Trinajstić information content (AvgIpc) is 3.62. The van der Waals surface area contributed by atoms with Gasteiger partial charge in [0.25, 0.3) is 0 Å². The van der Waals surface area contributed by atoms with Gasteiger partial charge in [0, 0.05) is 11.8 Å². The Balaban J connectivity index is 1.77. The van der Waals surface area contributed by atoms with Crippen LogP contribution in [-0.4, -0.2) is 37.9 Å². The monoisotopic (exact) mass is 412 g/mol. The van der Waals surface area contributed by atoms with Crippen LogP contribution in [0.15, 0.2) is 30.5 Å². The summed E-state index contributed by atoms with van der Waals surface area (Å²) in [6.07, 6.45) is 6.59. The van der Waals surface area contributed by atoms with Crippen molar-refractivity contribution in [2.75, 3.05) is 32.2 Å². The second-order valence-corrected chi connectivity index (χ2v) is 7.34. The summed E-state index contributed by atoms with van der Waals surface area (Å²) in [5.74, 6) is 0.0566. The van der Waals surface area contributed by atoms with Gasteiger partial charge in [-0.2, -0.15) is 0 Å². The maximum absolute atomic E-state index is 14.9. The molecule has 4 rings (SSSR count). The highest BCUT2D eigenvalue weighted by atomic mass is 19.1. The molecule has 1 N–H and O–H groups in total. The number of esters is 1. The van der Waals surface area contributed by atoms with Gasteiger partial charge in [0.05, 0.1) is 26.9 Å². The van der Waals surface area contributed by atoms with E-state index in [4.69, 9.17) is 14.2 Å². The zero-order chi connectivity index (χ0) is 21.1. The maximum Gasteiger partial charge on any atom is 0.341 e. The molecule has 0 unspecified atom stereocenters. The fourth-order valence-electron chi connectivity index (χ4n) is 3.60. The van der Waals surface area contributed by atoms with Crippen LogP contribution in [0.25, 0.3) is 5.57 Å². The smallest absolute Gasteiger partial charge is 0.341 e. The number of methoxy groups -OCH3 is 1. The molecule has 1 aliphatic heterocycles. The molecule has 2 aliphatic rings. The van der Waals surface area contributed by atoms with Gasteiger partial charge in [-0.15, -0.1) is 0 Å². The summed E-state index contributed by atoms with van der Waals surface area (Å²) in [5.41, 5.74) is 3.27. The highest BCUT2D eigenvalue weighted by Gasteiger charge is 2.27. The number of carbonyl (C=O) groups is 1. The Morgan fingerprint density at radius 3 is 2.87 bits per heavy atom.